The number of nitrogens with one attached hydrogen (secondary N) is 1. The maximum absolute atomic E-state index is 12.1. The number of carbonyl (C=O) groups is 1. The second-order valence-corrected chi connectivity index (χ2v) is 7.01. The number of aromatic nitrogens is 1. The summed E-state index contributed by atoms with van der Waals surface area (Å²) in [7, 11) is 0. The van der Waals surface area contributed by atoms with Crippen LogP contribution in [-0.4, -0.2) is 23.3 Å². The smallest absolute Gasteiger partial charge is 0.256 e. The van der Waals surface area contributed by atoms with Crippen molar-refractivity contribution in [3.05, 3.63) is 59.8 Å². The first-order valence-electron chi connectivity index (χ1n) is 8.74. The van der Waals surface area contributed by atoms with E-state index in [1.165, 1.54) is 22.9 Å². The zero-order valence-corrected chi connectivity index (χ0v) is 16.4. The van der Waals surface area contributed by atoms with Crippen LogP contribution in [0.2, 0.25) is 0 Å². The molecule has 0 unspecified atom stereocenters. The molecule has 3 aromatic rings. The van der Waals surface area contributed by atoms with E-state index < -0.39 is 0 Å². The molecule has 0 atom stereocenters. The molecule has 0 aliphatic carbocycles. The van der Waals surface area contributed by atoms with Crippen molar-refractivity contribution in [1.29, 1.82) is 0 Å². The molecule has 27 heavy (non-hydrogen) atoms. The molecule has 1 aromatic heterocycles. The van der Waals surface area contributed by atoms with Crippen molar-refractivity contribution < 1.29 is 13.9 Å². The van der Waals surface area contributed by atoms with Crippen LogP contribution in [0.1, 0.15) is 18.1 Å². The molecule has 2 aromatic carbocycles. The fourth-order valence-corrected chi connectivity index (χ4v) is 3.08. The van der Waals surface area contributed by atoms with Crippen LogP contribution in [0.3, 0.4) is 0 Å². The van der Waals surface area contributed by atoms with Gasteiger partial charge in [-0.1, -0.05) is 23.9 Å². The molecule has 0 saturated carbocycles. The third-order valence-electron chi connectivity index (χ3n) is 4.05. The molecule has 1 N–H and O–H groups in total. The van der Waals surface area contributed by atoms with Crippen molar-refractivity contribution in [2.24, 2.45) is 0 Å². The van der Waals surface area contributed by atoms with Gasteiger partial charge in [0.15, 0.2) is 5.76 Å². The van der Waals surface area contributed by atoms with Gasteiger partial charge in [-0.3, -0.25) is 4.79 Å². The van der Waals surface area contributed by atoms with Crippen molar-refractivity contribution in [3.63, 3.8) is 0 Å². The summed E-state index contributed by atoms with van der Waals surface area (Å²) >= 11 is 1.27. The van der Waals surface area contributed by atoms with Crippen molar-refractivity contribution in [3.8, 4) is 17.1 Å². The molecule has 140 valence electrons. The minimum Gasteiger partial charge on any atom is -0.494 e. The number of benzene rings is 2. The van der Waals surface area contributed by atoms with Gasteiger partial charge in [0.05, 0.1) is 18.6 Å². The van der Waals surface area contributed by atoms with Gasteiger partial charge in [-0.05, 0) is 62.2 Å². The van der Waals surface area contributed by atoms with Crippen LogP contribution in [-0.2, 0) is 4.79 Å². The van der Waals surface area contributed by atoms with Crippen LogP contribution in [0, 0.1) is 13.8 Å². The van der Waals surface area contributed by atoms with Crippen LogP contribution < -0.4 is 10.1 Å². The predicted octanol–water partition coefficient (Wildman–Crippen LogP) is 5.09. The quantitative estimate of drug-likeness (QED) is 0.577. The summed E-state index contributed by atoms with van der Waals surface area (Å²) in [4.78, 5) is 16.4. The molecule has 0 radical (unpaired) electrons. The summed E-state index contributed by atoms with van der Waals surface area (Å²) in [5.41, 5.74) is 4.15. The third-order valence-corrected chi connectivity index (χ3v) is 4.89. The number of hydrogen-bond acceptors (Lipinski definition) is 5. The van der Waals surface area contributed by atoms with E-state index in [0.717, 1.165) is 17.0 Å². The number of anilines is 1. The van der Waals surface area contributed by atoms with Crippen LogP contribution in [0.4, 0.5) is 5.69 Å². The number of hydrogen-bond donors (Lipinski definition) is 1. The Morgan fingerprint density at radius 3 is 2.63 bits per heavy atom. The van der Waals surface area contributed by atoms with Gasteiger partial charge in [-0.2, -0.15) is 0 Å². The van der Waals surface area contributed by atoms with Gasteiger partial charge in [0.25, 0.3) is 5.22 Å². The van der Waals surface area contributed by atoms with Gasteiger partial charge in [-0.25, -0.2) is 4.98 Å². The number of thioether (sulfide) groups is 1. The fourth-order valence-electron chi connectivity index (χ4n) is 2.48. The summed E-state index contributed by atoms with van der Waals surface area (Å²) in [6.45, 7) is 6.68. The molecule has 0 saturated heterocycles. The van der Waals surface area contributed by atoms with E-state index in [4.69, 9.17) is 9.15 Å². The molecular formula is C21H22N2O3S. The van der Waals surface area contributed by atoms with E-state index in [0.29, 0.717) is 17.6 Å². The first kappa shape index (κ1) is 19.0. The monoisotopic (exact) mass is 382 g/mol. The average molecular weight is 382 g/mol. The van der Waals surface area contributed by atoms with Crippen LogP contribution in [0.15, 0.2) is 58.3 Å². The number of nitrogens with zero attached hydrogens (tertiary/aromatic N) is 1. The molecule has 0 spiro atoms. The zero-order chi connectivity index (χ0) is 19.2. The maximum atomic E-state index is 12.1. The van der Waals surface area contributed by atoms with Gasteiger partial charge in [0.1, 0.15) is 5.75 Å². The Morgan fingerprint density at radius 2 is 1.93 bits per heavy atom. The lowest BCUT2D eigenvalue weighted by Crippen LogP contribution is -2.13. The standard InChI is InChI=1S/C21H22N2O3S/c1-4-25-18-9-7-17(8-10-18)23-20(24)13-27-21-22-12-19(26-21)16-6-5-14(2)15(3)11-16/h5-12H,4,13H2,1-3H3,(H,23,24). The largest absolute Gasteiger partial charge is 0.494 e. The number of oxazole rings is 1. The van der Waals surface area contributed by atoms with Crippen molar-refractivity contribution in [2.45, 2.75) is 26.0 Å². The number of amides is 1. The van der Waals surface area contributed by atoms with E-state index in [9.17, 15) is 4.79 Å². The molecule has 0 aliphatic rings. The number of aryl methyl sites for hydroxylation is 2. The second-order valence-electron chi connectivity index (χ2n) is 6.08. The number of carbonyl (C=O) groups excluding carboxylic acids is 1. The summed E-state index contributed by atoms with van der Waals surface area (Å²) in [5.74, 6) is 1.59. The fraction of sp³-hybridized carbons (Fsp3) is 0.238. The van der Waals surface area contributed by atoms with E-state index in [1.807, 2.05) is 37.3 Å². The van der Waals surface area contributed by atoms with Gasteiger partial charge in [0.2, 0.25) is 5.91 Å². The average Bonchev–Trinajstić information content (AvgIpc) is 3.13. The lowest BCUT2D eigenvalue weighted by atomic mass is 10.1. The molecule has 0 fully saturated rings. The Hall–Kier alpha value is -2.73. The highest BCUT2D eigenvalue weighted by Gasteiger charge is 2.10. The van der Waals surface area contributed by atoms with Crippen molar-refractivity contribution >= 4 is 23.4 Å². The highest BCUT2D eigenvalue weighted by atomic mass is 32.2. The summed E-state index contributed by atoms with van der Waals surface area (Å²) < 4.78 is 11.1. The number of ether oxygens (including phenoxy) is 1. The van der Waals surface area contributed by atoms with Crippen LogP contribution in [0.25, 0.3) is 11.3 Å². The van der Waals surface area contributed by atoms with Crippen molar-refractivity contribution in [2.75, 3.05) is 17.7 Å². The molecule has 0 aliphatic heterocycles. The van der Waals surface area contributed by atoms with Crippen LogP contribution in [0.5, 0.6) is 5.75 Å². The summed E-state index contributed by atoms with van der Waals surface area (Å²) in [6, 6.07) is 13.4. The molecule has 0 bridgehead atoms. The molecule has 1 heterocycles. The second kappa shape index (κ2) is 8.77. The van der Waals surface area contributed by atoms with Gasteiger partial charge in [0, 0.05) is 11.3 Å². The summed E-state index contributed by atoms with van der Waals surface area (Å²) in [5, 5.41) is 3.33. The van der Waals surface area contributed by atoms with Gasteiger partial charge >= 0.3 is 0 Å². The Morgan fingerprint density at radius 1 is 1.15 bits per heavy atom. The SMILES string of the molecule is CCOc1ccc(NC(=O)CSc2ncc(-c3ccc(C)c(C)c3)o2)cc1. The van der Waals surface area contributed by atoms with E-state index in [1.54, 1.807) is 6.20 Å². The van der Waals surface area contributed by atoms with Crippen LogP contribution >= 0.6 is 11.8 Å². The van der Waals surface area contributed by atoms with Gasteiger partial charge < -0.3 is 14.5 Å². The zero-order valence-electron chi connectivity index (χ0n) is 15.6. The maximum Gasteiger partial charge on any atom is 0.256 e. The van der Waals surface area contributed by atoms with E-state index in [-0.39, 0.29) is 11.7 Å². The number of rotatable bonds is 7. The van der Waals surface area contributed by atoms with Gasteiger partial charge in [-0.15, -0.1) is 0 Å². The summed E-state index contributed by atoms with van der Waals surface area (Å²) in [6.07, 6.45) is 1.69. The lowest BCUT2D eigenvalue weighted by Gasteiger charge is -2.06. The first-order valence-corrected chi connectivity index (χ1v) is 9.72. The Labute approximate surface area is 163 Å². The van der Waals surface area contributed by atoms with Crippen molar-refractivity contribution in [1.82, 2.24) is 4.98 Å². The predicted molar refractivity (Wildman–Crippen MR) is 108 cm³/mol. The minimum atomic E-state index is -0.116. The molecule has 6 heteroatoms. The van der Waals surface area contributed by atoms with E-state index >= 15 is 0 Å². The van der Waals surface area contributed by atoms with E-state index in [2.05, 4.69) is 36.3 Å². The molecule has 5 nitrogen and oxygen atoms in total. The topological polar surface area (TPSA) is 64.4 Å². The Kier molecular flexibility index (Phi) is 6.19. The Balaban J connectivity index is 1.54. The minimum absolute atomic E-state index is 0.116. The Bertz CT molecular complexity index is 919. The lowest BCUT2D eigenvalue weighted by molar-refractivity contribution is -0.113. The molecule has 1 amide bonds. The third kappa shape index (κ3) is 5.14. The molecule has 3 rings (SSSR count). The normalized spacial score (nSPS) is 10.6. The first-order chi connectivity index (χ1) is 13.0. The highest BCUT2D eigenvalue weighted by molar-refractivity contribution is 7.99. The molecular weight excluding hydrogens is 360 g/mol. The highest BCUT2D eigenvalue weighted by Crippen LogP contribution is 2.27.